The molecule has 0 aliphatic carbocycles. The fraction of sp³-hybridized carbons (Fsp3) is 0.130. The van der Waals surface area contributed by atoms with Crippen LogP contribution < -0.4 is 4.90 Å². The van der Waals surface area contributed by atoms with Crippen LogP contribution in [0.1, 0.15) is 28.4 Å². The number of carbonyl (C=O) groups excluding carboxylic acids is 1. The molecule has 0 atom stereocenters. The zero-order valence-electron chi connectivity index (χ0n) is 15.4. The SMILES string of the molecule is CCc1ccc2nc(N(Cc3ccccc3)C(=O)c3ccc(Br)cc3)sc2c1. The molecule has 0 aliphatic heterocycles. The lowest BCUT2D eigenvalue weighted by atomic mass is 10.1. The molecule has 0 aliphatic rings. The average Bonchev–Trinajstić information content (AvgIpc) is 3.15. The minimum atomic E-state index is -0.0499. The molecule has 1 heterocycles. The van der Waals surface area contributed by atoms with Gasteiger partial charge >= 0.3 is 0 Å². The Kier molecular flexibility index (Phi) is 5.55. The van der Waals surface area contributed by atoms with E-state index in [0.717, 1.165) is 31.8 Å². The van der Waals surface area contributed by atoms with Gasteiger partial charge in [0.05, 0.1) is 16.8 Å². The summed E-state index contributed by atoms with van der Waals surface area (Å²) in [6.07, 6.45) is 0.981. The fourth-order valence-corrected chi connectivity index (χ4v) is 4.32. The van der Waals surface area contributed by atoms with Gasteiger partial charge in [0, 0.05) is 10.0 Å². The van der Waals surface area contributed by atoms with Crippen LogP contribution in [0.3, 0.4) is 0 Å². The molecular weight excluding hydrogens is 432 g/mol. The molecule has 140 valence electrons. The normalized spacial score (nSPS) is 10.9. The minimum absolute atomic E-state index is 0.0499. The van der Waals surface area contributed by atoms with Crippen molar-refractivity contribution in [1.82, 2.24) is 4.98 Å². The van der Waals surface area contributed by atoms with E-state index in [9.17, 15) is 4.79 Å². The van der Waals surface area contributed by atoms with E-state index in [1.807, 2.05) is 60.7 Å². The first-order valence-electron chi connectivity index (χ1n) is 9.15. The first-order valence-corrected chi connectivity index (χ1v) is 10.8. The smallest absolute Gasteiger partial charge is 0.260 e. The van der Waals surface area contributed by atoms with Crippen molar-refractivity contribution in [2.24, 2.45) is 0 Å². The molecule has 0 saturated carbocycles. The quantitative estimate of drug-likeness (QED) is 0.349. The number of hydrogen-bond donors (Lipinski definition) is 0. The van der Waals surface area contributed by atoms with Crippen molar-refractivity contribution in [1.29, 1.82) is 0 Å². The average molecular weight is 451 g/mol. The lowest BCUT2D eigenvalue weighted by Gasteiger charge is -2.20. The summed E-state index contributed by atoms with van der Waals surface area (Å²) < 4.78 is 2.06. The predicted octanol–water partition coefficient (Wildman–Crippen LogP) is 6.47. The summed E-state index contributed by atoms with van der Waals surface area (Å²) in [5, 5.41) is 0.722. The lowest BCUT2D eigenvalue weighted by molar-refractivity contribution is 0.0985. The van der Waals surface area contributed by atoms with Crippen molar-refractivity contribution in [3.05, 3.63) is 94.0 Å². The number of thiazole rings is 1. The maximum absolute atomic E-state index is 13.3. The van der Waals surface area contributed by atoms with E-state index in [4.69, 9.17) is 4.98 Å². The Labute approximate surface area is 176 Å². The Morgan fingerprint density at radius 2 is 1.75 bits per heavy atom. The topological polar surface area (TPSA) is 33.2 Å². The number of aryl methyl sites for hydroxylation is 1. The van der Waals surface area contributed by atoms with Crippen LogP contribution in [0.2, 0.25) is 0 Å². The van der Waals surface area contributed by atoms with Crippen molar-refractivity contribution in [2.75, 3.05) is 4.90 Å². The summed E-state index contributed by atoms with van der Waals surface area (Å²) in [6, 6.07) is 23.8. The molecular formula is C23H19BrN2OS. The highest BCUT2D eigenvalue weighted by Gasteiger charge is 2.21. The van der Waals surface area contributed by atoms with Gasteiger partial charge in [0.1, 0.15) is 0 Å². The number of halogens is 1. The summed E-state index contributed by atoms with van der Waals surface area (Å²) in [7, 11) is 0. The Morgan fingerprint density at radius 3 is 2.46 bits per heavy atom. The molecule has 0 spiro atoms. The van der Waals surface area contributed by atoms with Gasteiger partial charge in [0.15, 0.2) is 5.13 Å². The third-order valence-corrected chi connectivity index (χ3v) is 6.17. The van der Waals surface area contributed by atoms with Gasteiger partial charge in [0.2, 0.25) is 0 Å². The number of fused-ring (bicyclic) bond motifs is 1. The molecule has 28 heavy (non-hydrogen) atoms. The molecule has 5 heteroatoms. The van der Waals surface area contributed by atoms with Gasteiger partial charge in [-0.1, -0.05) is 70.6 Å². The van der Waals surface area contributed by atoms with Gasteiger partial charge in [-0.25, -0.2) is 4.98 Å². The standard InChI is InChI=1S/C23H19BrN2OS/c1-2-16-8-13-20-21(14-16)28-23(25-20)26(15-17-6-4-3-5-7-17)22(27)18-9-11-19(24)12-10-18/h3-14H,2,15H2,1H3. The molecule has 0 N–H and O–H groups in total. The number of nitrogens with zero attached hydrogens (tertiary/aromatic N) is 2. The van der Waals surface area contributed by atoms with Crippen LogP contribution in [0.15, 0.2) is 77.3 Å². The Hall–Kier alpha value is -2.50. The highest BCUT2D eigenvalue weighted by Crippen LogP contribution is 2.31. The van der Waals surface area contributed by atoms with Crippen molar-refractivity contribution in [3.8, 4) is 0 Å². The minimum Gasteiger partial charge on any atom is -0.279 e. The van der Waals surface area contributed by atoms with E-state index >= 15 is 0 Å². The second kappa shape index (κ2) is 8.25. The number of amides is 1. The zero-order valence-corrected chi connectivity index (χ0v) is 17.8. The third kappa shape index (κ3) is 4.01. The molecule has 0 bridgehead atoms. The molecule has 4 rings (SSSR count). The highest BCUT2D eigenvalue weighted by atomic mass is 79.9. The van der Waals surface area contributed by atoms with Crippen LogP contribution in [0.4, 0.5) is 5.13 Å². The Bertz CT molecular complexity index is 1110. The molecule has 0 saturated heterocycles. The Morgan fingerprint density at radius 1 is 1.00 bits per heavy atom. The van der Waals surface area contributed by atoms with Gasteiger partial charge in [-0.3, -0.25) is 9.69 Å². The van der Waals surface area contributed by atoms with E-state index in [0.29, 0.717) is 12.1 Å². The highest BCUT2D eigenvalue weighted by molar-refractivity contribution is 9.10. The van der Waals surface area contributed by atoms with Crippen LogP contribution in [-0.4, -0.2) is 10.9 Å². The summed E-state index contributed by atoms with van der Waals surface area (Å²) in [6.45, 7) is 2.62. The molecule has 3 aromatic carbocycles. The van der Waals surface area contributed by atoms with Gasteiger partial charge in [-0.05, 0) is 53.9 Å². The van der Waals surface area contributed by atoms with Gasteiger partial charge in [0.25, 0.3) is 5.91 Å². The van der Waals surface area contributed by atoms with E-state index in [1.54, 1.807) is 16.2 Å². The van der Waals surface area contributed by atoms with E-state index in [2.05, 4.69) is 35.0 Å². The zero-order chi connectivity index (χ0) is 19.5. The van der Waals surface area contributed by atoms with Crippen LogP contribution in [0.25, 0.3) is 10.2 Å². The molecule has 0 radical (unpaired) electrons. The Balaban J connectivity index is 1.75. The molecule has 1 amide bonds. The molecule has 0 fully saturated rings. The predicted molar refractivity (Wildman–Crippen MR) is 120 cm³/mol. The van der Waals surface area contributed by atoms with Crippen molar-refractivity contribution in [3.63, 3.8) is 0 Å². The summed E-state index contributed by atoms with van der Waals surface area (Å²) in [5.74, 6) is -0.0499. The van der Waals surface area contributed by atoms with Gasteiger partial charge in [-0.2, -0.15) is 0 Å². The molecule has 4 aromatic rings. The second-order valence-electron chi connectivity index (χ2n) is 6.54. The van der Waals surface area contributed by atoms with E-state index < -0.39 is 0 Å². The number of aromatic nitrogens is 1. The number of hydrogen-bond acceptors (Lipinski definition) is 3. The molecule has 0 unspecified atom stereocenters. The third-order valence-electron chi connectivity index (χ3n) is 4.60. The first-order chi connectivity index (χ1) is 13.6. The van der Waals surface area contributed by atoms with Crippen LogP contribution in [0, 0.1) is 0 Å². The largest absolute Gasteiger partial charge is 0.279 e. The summed E-state index contributed by atoms with van der Waals surface area (Å²) in [4.78, 5) is 19.9. The van der Waals surface area contributed by atoms with Crippen molar-refractivity contribution in [2.45, 2.75) is 19.9 Å². The van der Waals surface area contributed by atoms with Crippen molar-refractivity contribution < 1.29 is 4.79 Å². The molecule has 1 aromatic heterocycles. The van der Waals surface area contributed by atoms with Gasteiger partial charge in [-0.15, -0.1) is 0 Å². The van der Waals surface area contributed by atoms with E-state index in [-0.39, 0.29) is 5.91 Å². The number of carbonyl (C=O) groups is 1. The van der Waals surface area contributed by atoms with Crippen LogP contribution in [0.5, 0.6) is 0 Å². The number of benzene rings is 3. The number of anilines is 1. The summed E-state index contributed by atoms with van der Waals surface area (Å²) >= 11 is 5.00. The van der Waals surface area contributed by atoms with Crippen molar-refractivity contribution >= 4 is 48.5 Å². The fourth-order valence-electron chi connectivity index (χ4n) is 3.03. The lowest BCUT2D eigenvalue weighted by Crippen LogP contribution is -2.30. The molecule has 3 nitrogen and oxygen atoms in total. The monoisotopic (exact) mass is 450 g/mol. The van der Waals surface area contributed by atoms with Gasteiger partial charge < -0.3 is 0 Å². The number of rotatable bonds is 5. The first kappa shape index (κ1) is 18.8. The maximum atomic E-state index is 13.3. The van der Waals surface area contributed by atoms with Crippen LogP contribution in [-0.2, 0) is 13.0 Å². The second-order valence-corrected chi connectivity index (χ2v) is 8.46. The van der Waals surface area contributed by atoms with E-state index in [1.165, 1.54) is 5.56 Å². The summed E-state index contributed by atoms with van der Waals surface area (Å²) in [5.41, 5.74) is 3.92. The maximum Gasteiger partial charge on any atom is 0.260 e. The van der Waals surface area contributed by atoms with Crippen LogP contribution >= 0.6 is 27.3 Å².